The van der Waals surface area contributed by atoms with Gasteiger partial charge in [0.05, 0.1) is 41.0 Å². The number of nitrogens with zero attached hydrogens (tertiary/aromatic N) is 3. The summed E-state index contributed by atoms with van der Waals surface area (Å²) in [7, 11) is 0. The lowest BCUT2D eigenvalue weighted by molar-refractivity contribution is -0.116. The number of hydrogen-bond acceptors (Lipinski definition) is 7. The Morgan fingerprint density at radius 3 is 2.39 bits per heavy atom. The van der Waals surface area contributed by atoms with Gasteiger partial charge in [-0.1, -0.05) is 18.2 Å². The summed E-state index contributed by atoms with van der Waals surface area (Å²) in [6.45, 7) is 14.5. The van der Waals surface area contributed by atoms with Crippen LogP contribution >= 0.6 is 0 Å². The average molecular weight is 529 g/mol. The normalized spacial score (nSPS) is 13.0. The zero-order valence-corrected chi connectivity index (χ0v) is 23.9. The molecule has 9 nitrogen and oxygen atoms in total. The SMILES string of the molecule is CCOCc1nc2c(NC(=O)CCCC(C)(C)OCCC(C)(C)O)nc3ccccc3c2n1CC(C)(C)O. The van der Waals surface area contributed by atoms with Gasteiger partial charge in [-0.25, -0.2) is 9.97 Å². The van der Waals surface area contributed by atoms with Crippen LogP contribution in [0.15, 0.2) is 24.3 Å². The summed E-state index contributed by atoms with van der Waals surface area (Å²) in [5.41, 5.74) is -0.0305. The molecule has 0 atom stereocenters. The van der Waals surface area contributed by atoms with Gasteiger partial charge in [-0.2, -0.15) is 0 Å². The second-order valence-electron chi connectivity index (χ2n) is 11.8. The molecule has 0 unspecified atom stereocenters. The number of aliphatic hydroxyl groups is 2. The summed E-state index contributed by atoms with van der Waals surface area (Å²) >= 11 is 0. The van der Waals surface area contributed by atoms with Gasteiger partial charge in [0.1, 0.15) is 17.9 Å². The smallest absolute Gasteiger partial charge is 0.225 e. The number of ether oxygens (including phenoxy) is 2. The summed E-state index contributed by atoms with van der Waals surface area (Å²) < 4.78 is 13.6. The number of para-hydroxylation sites is 1. The van der Waals surface area contributed by atoms with Crippen molar-refractivity contribution in [3.05, 3.63) is 30.1 Å². The predicted molar refractivity (Wildman–Crippen MR) is 150 cm³/mol. The minimum Gasteiger partial charge on any atom is -0.390 e. The Morgan fingerprint density at radius 2 is 1.74 bits per heavy atom. The molecule has 210 valence electrons. The second kappa shape index (κ2) is 12.1. The van der Waals surface area contributed by atoms with Gasteiger partial charge in [0, 0.05) is 18.4 Å². The van der Waals surface area contributed by atoms with E-state index in [1.54, 1.807) is 27.7 Å². The van der Waals surface area contributed by atoms with Crippen molar-refractivity contribution in [2.75, 3.05) is 18.5 Å². The van der Waals surface area contributed by atoms with Gasteiger partial charge in [0.25, 0.3) is 0 Å². The third kappa shape index (κ3) is 8.46. The van der Waals surface area contributed by atoms with E-state index in [4.69, 9.17) is 19.4 Å². The highest BCUT2D eigenvalue weighted by Gasteiger charge is 2.24. The van der Waals surface area contributed by atoms with Gasteiger partial charge in [0.15, 0.2) is 5.82 Å². The number of anilines is 1. The van der Waals surface area contributed by atoms with Crippen LogP contribution in [0.3, 0.4) is 0 Å². The molecule has 0 radical (unpaired) electrons. The molecule has 0 spiro atoms. The van der Waals surface area contributed by atoms with Crippen LogP contribution in [-0.4, -0.2) is 60.7 Å². The number of fused-ring (bicyclic) bond motifs is 3. The Bertz CT molecular complexity index is 1240. The van der Waals surface area contributed by atoms with Gasteiger partial charge in [-0.15, -0.1) is 0 Å². The number of pyridine rings is 1. The summed E-state index contributed by atoms with van der Waals surface area (Å²) in [6.07, 6.45) is 2.20. The second-order valence-corrected chi connectivity index (χ2v) is 11.8. The van der Waals surface area contributed by atoms with Crippen LogP contribution in [0.2, 0.25) is 0 Å². The van der Waals surface area contributed by atoms with Crippen LogP contribution < -0.4 is 5.32 Å². The highest BCUT2D eigenvalue weighted by Crippen LogP contribution is 2.32. The van der Waals surface area contributed by atoms with E-state index in [1.165, 1.54) is 0 Å². The Kier molecular flexibility index (Phi) is 9.52. The number of imidazole rings is 1. The fourth-order valence-corrected chi connectivity index (χ4v) is 4.35. The molecule has 0 aliphatic carbocycles. The largest absolute Gasteiger partial charge is 0.390 e. The maximum absolute atomic E-state index is 13.0. The van der Waals surface area contributed by atoms with E-state index < -0.39 is 16.8 Å². The molecule has 2 heterocycles. The molecule has 0 bridgehead atoms. The van der Waals surface area contributed by atoms with Crippen molar-refractivity contribution in [1.29, 1.82) is 0 Å². The molecule has 0 aliphatic heterocycles. The van der Waals surface area contributed by atoms with Crippen LogP contribution in [0.25, 0.3) is 21.9 Å². The molecule has 0 saturated carbocycles. The molecule has 2 aromatic heterocycles. The maximum Gasteiger partial charge on any atom is 0.225 e. The molecule has 0 saturated heterocycles. The molecule has 0 fully saturated rings. The lowest BCUT2D eigenvalue weighted by Crippen LogP contribution is -2.29. The predicted octanol–water partition coefficient (Wildman–Crippen LogP) is 4.96. The van der Waals surface area contributed by atoms with Gasteiger partial charge < -0.3 is 29.6 Å². The average Bonchev–Trinajstić information content (AvgIpc) is 3.13. The topological polar surface area (TPSA) is 119 Å². The van der Waals surface area contributed by atoms with Crippen LogP contribution in [0.5, 0.6) is 0 Å². The van der Waals surface area contributed by atoms with Gasteiger partial charge in [0.2, 0.25) is 5.91 Å². The molecule has 3 rings (SSSR count). The van der Waals surface area contributed by atoms with E-state index >= 15 is 0 Å². The quantitative estimate of drug-likeness (QED) is 0.271. The van der Waals surface area contributed by atoms with Crippen molar-refractivity contribution in [2.45, 2.75) is 104 Å². The molecule has 38 heavy (non-hydrogen) atoms. The third-order valence-electron chi connectivity index (χ3n) is 6.29. The van der Waals surface area contributed by atoms with E-state index in [-0.39, 0.29) is 12.5 Å². The highest BCUT2D eigenvalue weighted by molar-refractivity contribution is 6.09. The summed E-state index contributed by atoms with van der Waals surface area (Å²) in [6, 6.07) is 7.73. The lowest BCUT2D eigenvalue weighted by Gasteiger charge is -2.27. The Labute approximate surface area is 225 Å². The number of nitrogens with one attached hydrogen (secondary N) is 1. The first-order chi connectivity index (χ1) is 17.7. The van der Waals surface area contributed by atoms with Crippen molar-refractivity contribution in [3.63, 3.8) is 0 Å². The van der Waals surface area contributed by atoms with Crippen LogP contribution in [0.1, 0.15) is 80.0 Å². The van der Waals surface area contributed by atoms with E-state index in [0.717, 1.165) is 16.4 Å². The summed E-state index contributed by atoms with van der Waals surface area (Å²) in [5.74, 6) is 0.920. The minimum atomic E-state index is -0.982. The van der Waals surface area contributed by atoms with Crippen molar-refractivity contribution < 1.29 is 24.5 Å². The zero-order chi connectivity index (χ0) is 28.1. The van der Waals surface area contributed by atoms with E-state index in [1.807, 2.05) is 49.6 Å². The van der Waals surface area contributed by atoms with Crippen LogP contribution in [0.4, 0.5) is 5.82 Å². The summed E-state index contributed by atoms with van der Waals surface area (Å²) in [4.78, 5) is 22.5. The zero-order valence-electron chi connectivity index (χ0n) is 23.9. The number of hydrogen-bond donors (Lipinski definition) is 3. The Hall–Kier alpha value is -2.59. The lowest BCUT2D eigenvalue weighted by atomic mass is 10.0. The number of aromatic nitrogens is 3. The number of benzene rings is 1. The van der Waals surface area contributed by atoms with Gasteiger partial charge >= 0.3 is 0 Å². The molecule has 3 aromatic rings. The van der Waals surface area contributed by atoms with E-state index in [2.05, 4.69) is 5.32 Å². The fourth-order valence-electron chi connectivity index (χ4n) is 4.35. The molecule has 3 N–H and O–H groups in total. The Balaban J connectivity index is 1.83. The summed E-state index contributed by atoms with van der Waals surface area (Å²) in [5, 5.41) is 24.4. The van der Waals surface area contributed by atoms with Crippen molar-refractivity contribution in [1.82, 2.24) is 14.5 Å². The number of carbonyl (C=O) groups excluding carboxylic acids is 1. The monoisotopic (exact) mass is 528 g/mol. The molecule has 1 aromatic carbocycles. The minimum absolute atomic E-state index is 0.148. The molecule has 1 amide bonds. The first-order valence-electron chi connectivity index (χ1n) is 13.4. The Morgan fingerprint density at radius 1 is 1.03 bits per heavy atom. The molecule has 9 heteroatoms. The van der Waals surface area contributed by atoms with Gasteiger partial charge in [-0.05, 0) is 73.8 Å². The molecular weight excluding hydrogens is 484 g/mol. The van der Waals surface area contributed by atoms with Gasteiger partial charge in [-0.3, -0.25) is 4.79 Å². The standard InChI is InChI=1S/C29H44N4O5/c1-8-37-18-22-31-24-25(33(22)19-28(4,5)36)20-12-9-10-13-21(20)30-26(24)32-23(34)14-11-15-29(6,7)38-17-16-27(2,3)35/h9-10,12-13,35-36H,8,11,14-19H2,1-7H3,(H,30,32,34). The van der Waals surface area contributed by atoms with Crippen molar-refractivity contribution in [3.8, 4) is 0 Å². The first-order valence-corrected chi connectivity index (χ1v) is 13.4. The van der Waals surface area contributed by atoms with Crippen LogP contribution in [0, 0.1) is 0 Å². The third-order valence-corrected chi connectivity index (χ3v) is 6.29. The molecular formula is C29H44N4O5. The fraction of sp³-hybridized carbons (Fsp3) is 0.621. The van der Waals surface area contributed by atoms with Crippen LogP contribution in [-0.2, 0) is 27.4 Å². The van der Waals surface area contributed by atoms with E-state index in [0.29, 0.717) is 62.6 Å². The van der Waals surface area contributed by atoms with Crippen molar-refractivity contribution >= 4 is 33.7 Å². The molecule has 0 aliphatic rings. The number of carbonyl (C=O) groups is 1. The number of amides is 1. The van der Waals surface area contributed by atoms with E-state index in [9.17, 15) is 15.0 Å². The highest BCUT2D eigenvalue weighted by atomic mass is 16.5. The van der Waals surface area contributed by atoms with Crippen molar-refractivity contribution in [2.24, 2.45) is 0 Å². The maximum atomic E-state index is 13.0. The first kappa shape index (κ1) is 30.0. The number of rotatable bonds is 14.